The Bertz CT molecular complexity index is 885. The van der Waals surface area contributed by atoms with E-state index in [1.54, 1.807) is 48.0 Å². The average molecular weight is 416 g/mol. The maximum absolute atomic E-state index is 12.9. The number of amides is 2. The molecule has 2 amide bonds. The van der Waals surface area contributed by atoms with Crippen molar-refractivity contribution in [1.29, 1.82) is 0 Å². The minimum atomic E-state index is -0.442. The van der Waals surface area contributed by atoms with Crippen molar-refractivity contribution in [3.63, 3.8) is 0 Å². The molecule has 0 unspecified atom stereocenters. The molecule has 0 radical (unpaired) electrons. The van der Waals surface area contributed by atoms with Gasteiger partial charge < -0.3 is 15.4 Å². The zero-order chi connectivity index (χ0) is 19.9. The summed E-state index contributed by atoms with van der Waals surface area (Å²) in [6, 6.07) is 15.2. The summed E-state index contributed by atoms with van der Waals surface area (Å²) in [6.45, 7) is 0.240. The molecule has 0 aliphatic carbocycles. The maximum Gasteiger partial charge on any atom is 0.237 e. The van der Waals surface area contributed by atoms with Crippen molar-refractivity contribution in [3.8, 4) is 5.75 Å². The van der Waals surface area contributed by atoms with Gasteiger partial charge in [-0.05, 0) is 35.9 Å². The van der Waals surface area contributed by atoms with Crippen LogP contribution in [-0.2, 0) is 15.3 Å². The highest BCUT2D eigenvalue weighted by atomic mass is 32.2. The zero-order valence-corrected chi connectivity index (χ0v) is 17.1. The molecular weight excluding hydrogens is 394 g/mol. The van der Waals surface area contributed by atoms with Crippen molar-refractivity contribution < 1.29 is 14.3 Å². The molecule has 1 heterocycles. The van der Waals surface area contributed by atoms with Crippen LogP contribution in [0, 0.1) is 0 Å². The van der Waals surface area contributed by atoms with Gasteiger partial charge in [0, 0.05) is 24.4 Å². The highest BCUT2D eigenvalue weighted by Crippen LogP contribution is 2.34. The van der Waals surface area contributed by atoms with Gasteiger partial charge in [0.15, 0.2) is 0 Å². The second-order valence-corrected chi connectivity index (χ2v) is 8.23. The summed E-state index contributed by atoms with van der Waals surface area (Å²) in [5.41, 5.74) is 8.14. The van der Waals surface area contributed by atoms with E-state index < -0.39 is 5.91 Å². The summed E-state index contributed by atoms with van der Waals surface area (Å²) in [5, 5.41) is 0. The Morgan fingerprint density at radius 3 is 2.68 bits per heavy atom. The normalized spacial score (nSPS) is 12.7. The molecule has 1 aliphatic rings. The first kappa shape index (κ1) is 20.3. The minimum Gasteiger partial charge on any atom is -0.497 e. The number of benzene rings is 2. The van der Waals surface area contributed by atoms with Gasteiger partial charge in [0.25, 0.3) is 0 Å². The molecule has 0 spiro atoms. The number of para-hydroxylation sites is 1. The fourth-order valence-corrected chi connectivity index (χ4v) is 4.61. The van der Waals surface area contributed by atoms with E-state index in [9.17, 15) is 9.59 Å². The molecule has 0 atom stereocenters. The van der Waals surface area contributed by atoms with Crippen LogP contribution in [0.4, 0.5) is 11.4 Å². The zero-order valence-electron chi connectivity index (χ0n) is 15.5. The highest BCUT2D eigenvalue weighted by molar-refractivity contribution is 8.38. The lowest BCUT2D eigenvalue weighted by Gasteiger charge is -2.23. The van der Waals surface area contributed by atoms with Gasteiger partial charge in [-0.15, -0.1) is 0 Å². The Hall–Kier alpha value is -2.45. The molecule has 0 saturated heterocycles. The second-order valence-electron chi connectivity index (χ2n) is 6.04. The van der Waals surface area contributed by atoms with Gasteiger partial charge in [0.05, 0.1) is 18.6 Å². The number of anilines is 1. The van der Waals surface area contributed by atoms with Crippen LogP contribution in [0.25, 0.3) is 0 Å². The number of carbonyl (C=O) groups excluding carboxylic acids is 2. The summed E-state index contributed by atoms with van der Waals surface area (Å²) in [5.74, 6) is 1.24. The Morgan fingerprint density at radius 1 is 1.21 bits per heavy atom. The van der Waals surface area contributed by atoms with Gasteiger partial charge in [-0.1, -0.05) is 41.7 Å². The van der Waals surface area contributed by atoms with Gasteiger partial charge in [-0.3, -0.25) is 9.59 Å². The van der Waals surface area contributed by atoms with E-state index in [1.165, 1.54) is 17.3 Å². The van der Waals surface area contributed by atoms with Crippen LogP contribution in [0.15, 0.2) is 53.5 Å². The van der Waals surface area contributed by atoms with E-state index in [2.05, 4.69) is 11.1 Å². The van der Waals surface area contributed by atoms with Crippen LogP contribution in [0.3, 0.4) is 0 Å². The fraction of sp³-hybridized carbons (Fsp3) is 0.250. The minimum absolute atomic E-state index is 0.0985. The van der Waals surface area contributed by atoms with Crippen molar-refractivity contribution in [1.82, 2.24) is 0 Å². The number of aliphatic imine (C=N–C) groups is 1. The number of primary amides is 1. The number of ether oxygens (including phenoxy) is 1. The third kappa shape index (κ3) is 5.30. The second kappa shape index (κ2) is 9.66. The molecule has 0 saturated carbocycles. The van der Waals surface area contributed by atoms with E-state index in [-0.39, 0.29) is 24.6 Å². The lowest BCUT2D eigenvalue weighted by atomic mass is 10.2. The molecule has 0 fully saturated rings. The summed E-state index contributed by atoms with van der Waals surface area (Å²) < 4.78 is 6.03. The number of rotatable bonds is 7. The number of hydrogen-bond acceptors (Lipinski definition) is 6. The SMILES string of the molecule is COc1ccc(N(CCC(N)=O)C(=O)CSC2=Nc3ccccc3CS2)cc1. The molecule has 0 bridgehead atoms. The number of methoxy groups -OCH3 is 1. The van der Waals surface area contributed by atoms with Crippen LogP contribution in [0.2, 0.25) is 0 Å². The summed E-state index contributed by atoms with van der Waals surface area (Å²) in [4.78, 5) is 30.3. The first-order valence-corrected chi connectivity index (χ1v) is 10.7. The summed E-state index contributed by atoms with van der Waals surface area (Å²) >= 11 is 3.05. The highest BCUT2D eigenvalue weighted by Gasteiger charge is 2.19. The molecule has 2 N–H and O–H groups in total. The number of hydrogen-bond donors (Lipinski definition) is 1. The largest absolute Gasteiger partial charge is 0.497 e. The van der Waals surface area contributed by atoms with E-state index in [0.717, 1.165) is 15.8 Å². The van der Waals surface area contributed by atoms with Crippen LogP contribution >= 0.6 is 23.5 Å². The van der Waals surface area contributed by atoms with Crippen molar-refractivity contribution in [3.05, 3.63) is 54.1 Å². The molecule has 2 aromatic carbocycles. The predicted molar refractivity (Wildman–Crippen MR) is 116 cm³/mol. The predicted octanol–water partition coefficient (Wildman–Crippen LogP) is 3.57. The molecule has 8 heteroatoms. The molecule has 3 rings (SSSR count). The number of thioether (sulfide) groups is 2. The summed E-state index contributed by atoms with van der Waals surface area (Å²) in [7, 11) is 1.59. The van der Waals surface area contributed by atoms with Crippen molar-refractivity contribution >= 4 is 51.1 Å². The number of nitrogens with zero attached hydrogens (tertiary/aromatic N) is 2. The van der Waals surface area contributed by atoms with Gasteiger partial charge in [0.1, 0.15) is 10.1 Å². The number of nitrogens with two attached hydrogens (primary N) is 1. The third-order valence-corrected chi connectivity index (χ3v) is 6.37. The first-order valence-electron chi connectivity index (χ1n) is 8.71. The van der Waals surface area contributed by atoms with Crippen molar-refractivity contribution in [2.24, 2.45) is 10.7 Å². The lowest BCUT2D eigenvalue weighted by Crippen LogP contribution is -2.35. The maximum atomic E-state index is 12.9. The molecular formula is C20H21N3O3S2. The molecule has 1 aliphatic heterocycles. The average Bonchev–Trinajstić information content (AvgIpc) is 2.72. The molecule has 2 aromatic rings. The smallest absolute Gasteiger partial charge is 0.237 e. The van der Waals surface area contributed by atoms with Gasteiger partial charge in [0.2, 0.25) is 11.8 Å². The Balaban J connectivity index is 1.68. The molecule has 28 heavy (non-hydrogen) atoms. The number of carbonyl (C=O) groups is 2. The van der Waals surface area contributed by atoms with E-state index in [1.807, 2.05) is 18.2 Å². The molecule has 0 aromatic heterocycles. The topological polar surface area (TPSA) is 85.0 Å². The summed E-state index contributed by atoms with van der Waals surface area (Å²) in [6.07, 6.45) is 0.103. The van der Waals surface area contributed by atoms with Crippen LogP contribution < -0.4 is 15.4 Å². The Kier molecular flexibility index (Phi) is 7.00. The third-order valence-electron chi connectivity index (χ3n) is 4.14. The lowest BCUT2D eigenvalue weighted by molar-refractivity contribution is -0.118. The van der Waals surface area contributed by atoms with Gasteiger partial charge >= 0.3 is 0 Å². The first-order chi connectivity index (χ1) is 13.6. The van der Waals surface area contributed by atoms with Gasteiger partial charge in [-0.2, -0.15) is 0 Å². The fourth-order valence-electron chi connectivity index (χ4n) is 2.67. The van der Waals surface area contributed by atoms with Crippen molar-refractivity contribution in [2.45, 2.75) is 12.2 Å². The van der Waals surface area contributed by atoms with Gasteiger partial charge in [-0.25, -0.2) is 4.99 Å². The van der Waals surface area contributed by atoms with Crippen LogP contribution in [-0.4, -0.2) is 35.6 Å². The van der Waals surface area contributed by atoms with Crippen molar-refractivity contribution in [2.75, 3.05) is 24.3 Å². The van der Waals surface area contributed by atoms with E-state index in [0.29, 0.717) is 11.4 Å². The number of fused-ring (bicyclic) bond motifs is 1. The molecule has 6 nitrogen and oxygen atoms in total. The quantitative estimate of drug-likeness (QED) is 0.747. The van der Waals surface area contributed by atoms with Crippen LogP contribution in [0.5, 0.6) is 5.75 Å². The van der Waals surface area contributed by atoms with Crippen LogP contribution in [0.1, 0.15) is 12.0 Å². The van der Waals surface area contributed by atoms with E-state index >= 15 is 0 Å². The Morgan fingerprint density at radius 2 is 1.96 bits per heavy atom. The Labute approximate surface area is 172 Å². The monoisotopic (exact) mass is 415 g/mol. The van der Waals surface area contributed by atoms with E-state index in [4.69, 9.17) is 10.5 Å². The standard InChI is InChI=1S/C20H21N3O3S2/c1-26-16-8-6-15(7-9-16)23(11-10-18(21)24)19(25)13-28-20-22-17-5-3-2-4-14(17)12-27-20/h2-9H,10-13H2,1H3,(H2,21,24). The molecule has 146 valence electrons.